The summed E-state index contributed by atoms with van der Waals surface area (Å²) >= 11 is 0. The van der Waals surface area contributed by atoms with Gasteiger partial charge >= 0.3 is 0 Å². The largest absolute Gasteiger partial charge is 0.315 e. The molecular weight excluding hydrogens is 244 g/mol. The molecular formula is C18H34N2. The Hall–Kier alpha value is -0.340. The maximum absolute atomic E-state index is 3.82. The van der Waals surface area contributed by atoms with Crippen molar-refractivity contribution in [2.24, 2.45) is 0 Å². The van der Waals surface area contributed by atoms with E-state index in [1.165, 1.54) is 83.7 Å². The van der Waals surface area contributed by atoms with E-state index in [4.69, 9.17) is 0 Å². The van der Waals surface area contributed by atoms with Crippen molar-refractivity contribution < 1.29 is 0 Å². The first kappa shape index (κ1) is 16.0. The molecule has 0 aromatic carbocycles. The van der Waals surface area contributed by atoms with E-state index >= 15 is 0 Å². The maximum atomic E-state index is 3.82. The number of allylic oxidation sites excluding steroid dienone is 1. The highest BCUT2D eigenvalue weighted by molar-refractivity contribution is 5.04. The van der Waals surface area contributed by atoms with Gasteiger partial charge in [0.05, 0.1) is 0 Å². The zero-order valence-electron chi connectivity index (χ0n) is 13.5. The smallest absolute Gasteiger partial charge is 0.0362 e. The molecule has 1 atom stereocenters. The minimum absolute atomic E-state index is 0.490. The van der Waals surface area contributed by atoms with Crippen molar-refractivity contribution in [2.45, 2.75) is 82.2 Å². The molecule has 2 nitrogen and oxygen atoms in total. The monoisotopic (exact) mass is 278 g/mol. The minimum atomic E-state index is 0.490. The van der Waals surface area contributed by atoms with Gasteiger partial charge in [0.2, 0.25) is 0 Å². The van der Waals surface area contributed by atoms with E-state index in [-0.39, 0.29) is 0 Å². The van der Waals surface area contributed by atoms with Crippen LogP contribution in [0.3, 0.4) is 0 Å². The molecule has 1 aliphatic carbocycles. The molecule has 1 N–H and O–H groups in total. The molecule has 1 saturated carbocycles. The summed E-state index contributed by atoms with van der Waals surface area (Å²) in [6, 6.07) is 0.701. The van der Waals surface area contributed by atoms with Gasteiger partial charge in [0.15, 0.2) is 0 Å². The third-order valence-electron chi connectivity index (χ3n) is 5.60. The second-order valence-electron chi connectivity index (χ2n) is 6.77. The van der Waals surface area contributed by atoms with Gasteiger partial charge in [-0.1, -0.05) is 31.8 Å². The molecule has 2 rings (SSSR count). The molecule has 0 amide bonds. The third-order valence-corrected chi connectivity index (χ3v) is 5.60. The van der Waals surface area contributed by atoms with Crippen LogP contribution in [-0.2, 0) is 0 Å². The van der Waals surface area contributed by atoms with Gasteiger partial charge in [-0.25, -0.2) is 0 Å². The van der Waals surface area contributed by atoms with Gasteiger partial charge in [-0.05, 0) is 65.1 Å². The molecule has 116 valence electrons. The zero-order valence-corrected chi connectivity index (χ0v) is 13.5. The van der Waals surface area contributed by atoms with Gasteiger partial charge in [0.25, 0.3) is 0 Å². The average Bonchev–Trinajstić information content (AvgIpc) is 3.13. The van der Waals surface area contributed by atoms with Crippen LogP contribution in [0, 0.1) is 0 Å². The summed E-state index contributed by atoms with van der Waals surface area (Å²) in [6.45, 7) is 6.50. The highest BCUT2D eigenvalue weighted by Gasteiger charge is 2.45. The van der Waals surface area contributed by atoms with Crippen LogP contribution in [0.25, 0.3) is 0 Å². The summed E-state index contributed by atoms with van der Waals surface area (Å²) in [5.41, 5.74) is 0.490. The number of nitrogens with zero attached hydrogens (tertiary/aromatic N) is 1. The molecule has 0 bridgehead atoms. The standard InChI is InChI=1S/C18H34N2/c1-3-4-5-6-7-12-17(19-2)18(13-8-9-14-18)20-15-10-11-16-20/h3,17,19H,1,4-16H2,2H3. The van der Waals surface area contributed by atoms with Gasteiger partial charge in [0.1, 0.15) is 0 Å². The molecule has 0 spiro atoms. The number of likely N-dealkylation sites (N-methyl/N-ethyl adjacent to an activating group) is 1. The maximum Gasteiger partial charge on any atom is 0.0362 e. The SMILES string of the molecule is C=CCCCCCC(NC)C1(N2CCCC2)CCCC1. The quantitative estimate of drug-likeness (QED) is 0.504. The second-order valence-corrected chi connectivity index (χ2v) is 6.77. The molecule has 1 aliphatic heterocycles. The molecule has 0 aromatic heterocycles. The molecule has 2 heteroatoms. The van der Waals surface area contributed by atoms with E-state index in [2.05, 4.69) is 29.9 Å². The molecule has 0 radical (unpaired) electrons. The summed E-state index contributed by atoms with van der Waals surface area (Å²) in [7, 11) is 2.19. The number of hydrogen-bond donors (Lipinski definition) is 1. The van der Waals surface area contributed by atoms with Crippen molar-refractivity contribution in [1.82, 2.24) is 10.2 Å². The summed E-state index contributed by atoms with van der Waals surface area (Å²) in [6.07, 6.45) is 17.2. The summed E-state index contributed by atoms with van der Waals surface area (Å²) in [5, 5.41) is 3.69. The van der Waals surface area contributed by atoms with Crippen LogP contribution in [0.2, 0.25) is 0 Å². The Kier molecular flexibility index (Phi) is 6.57. The topological polar surface area (TPSA) is 15.3 Å². The Balaban J connectivity index is 1.89. The minimum Gasteiger partial charge on any atom is -0.315 e. The first-order chi connectivity index (χ1) is 9.83. The van der Waals surface area contributed by atoms with Gasteiger partial charge in [0, 0.05) is 11.6 Å². The highest BCUT2D eigenvalue weighted by Crippen LogP contribution is 2.41. The number of unbranched alkanes of at least 4 members (excludes halogenated alkanes) is 3. The van der Waals surface area contributed by atoms with Crippen LogP contribution in [0.5, 0.6) is 0 Å². The third kappa shape index (κ3) is 3.65. The molecule has 0 aromatic rings. The summed E-state index contributed by atoms with van der Waals surface area (Å²) in [4.78, 5) is 2.84. The fourth-order valence-electron chi connectivity index (χ4n) is 4.53. The number of hydrogen-bond acceptors (Lipinski definition) is 2. The first-order valence-electron chi connectivity index (χ1n) is 8.87. The Morgan fingerprint density at radius 3 is 2.40 bits per heavy atom. The van der Waals surface area contributed by atoms with Crippen LogP contribution < -0.4 is 5.32 Å². The van der Waals surface area contributed by atoms with Gasteiger partial charge in [-0.15, -0.1) is 6.58 Å². The van der Waals surface area contributed by atoms with E-state index in [1.54, 1.807) is 0 Å². The van der Waals surface area contributed by atoms with Crippen LogP contribution in [0.1, 0.15) is 70.6 Å². The first-order valence-corrected chi connectivity index (χ1v) is 8.87. The van der Waals surface area contributed by atoms with E-state index in [0.29, 0.717) is 11.6 Å². The fourth-order valence-corrected chi connectivity index (χ4v) is 4.53. The Morgan fingerprint density at radius 2 is 1.80 bits per heavy atom. The normalized spacial score (nSPS) is 24.1. The van der Waals surface area contributed by atoms with Crippen molar-refractivity contribution in [3.63, 3.8) is 0 Å². The van der Waals surface area contributed by atoms with Crippen LogP contribution in [0.15, 0.2) is 12.7 Å². The Morgan fingerprint density at radius 1 is 1.10 bits per heavy atom. The molecule has 1 unspecified atom stereocenters. The Labute approximate surface area is 126 Å². The van der Waals surface area contributed by atoms with Crippen LogP contribution in [-0.4, -0.2) is 36.6 Å². The number of likely N-dealkylation sites (tertiary alicyclic amines) is 1. The highest BCUT2D eigenvalue weighted by atomic mass is 15.2. The lowest BCUT2D eigenvalue weighted by molar-refractivity contribution is 0.0750. The van der Waals surface area contributed by atoms with E-state index in [0.717, 1.165) is 0 Å². The molecule has 2 aliphatic rings. The van der Waals surface area contributed by atoms with Crippen molar-refractivity contribution in [2.75, 3.05) is 20.1 Å². The molecule has 1 saturated heterocycles. The summed E-state index contributed by atoms with van der Waals surface area (Å²) < 4.78 is 0. The lowest BCUT2D eigenvalue weighted by Gasteiger charge is -2.45. The van der Waals surface area contributed by atoms with E-state index in [1.807, 2.05) is 0 Å². The molecule has 1 heterocycles. The van der Waals surface area contributed by atoms with Crippen molar-refractivity contribution >= 4 is 0 Å². The van der Waals surface area contributed by atoms with E-state index < -0.39 is 0 Å². The van der Waals surface area contributed by atoms with E-state index in [9.17, 15) is 0 Å². The number of nitrogens with one attached hydrogen (secondary N) is 1. The number of rotatable bonds is 9. The van der Waals surface area contributed by atoms with Gasteiger partial charge in [-0.2, -0.15) is 0 Å². The predicted molar refractivity (Wildman–Crippen MR) is 88.1 cm³/mol. The summed E-state index contributed by atoms with van der Waals surface area (Å²) in [5.74, 6) is 0. The van der Waals surface area contributed by atoms with Crippen LogP contribution >= 0.6 is 0 Å². The lowest BCUT2D eigenvalue weighted by atomic mass is 9.83. The average molecular weight is 278 g/mol. The molecule has 20 heavy (non-hydrogen) atoms. The lowest BCUT2D eigenvalue weighted by Crippen LogP contribution is -2.58. The second kappa shape index (κ2) is 8.19. The van der Waals surface area contributed by atoms with Crippen molar-refractivity contribution in [3.8, 4) is 0 Å². The fraction of sp³-hybridized carbons (Fsp3) is 0.889. The molecule has 2 fully saturated rings. The van der Waals surface area contributed by atoms with Crippen molar-refractivity contribution in [1.29, 1.82) is 0 Å². The predicted octanol–water partition coefficient (Wildman–Crippen LogP) is 4.12. The van der Waals surface area contributed by atoms with Crippen molar-refractivity contribution in [3.05, 3.63) is 12.7 Å². The Bertz CT molecular complexity index is 275. The van der Waals surface area contributed by atoms with Gasteiger partial charge < -0.3 is 5.32 Å². The van der Waals surface area contributed by atoms with Crippen LogP contribution in [0.4, 0.5) is 0 Å². The zero-order chi connectivity index (χ0) is 14.3. The van der Waals surface area contributed by atoms with Gasteiger partial charge in [-0.3, -0.25) is 4.90 Å².